The van der Waals surface area contributed by atoms with Crippen LogP contribution in [0.4, 0.5) is 8.78 Å². The molecule has 0 N–H and O–H groups in total. The van der Waals surface area contributed by atoms with Crippen molar-refractivity contribution in [3.8, 4) is 5.75 Å². The van der Waals surface area contributed by atoms with E-state index in [0.29, 0.717) is 5.56 Å². The van der Waals surface area contributed by atoms with Crippen molar-refractivity contribution < 1.29 is 13.5 Å². The summed E-state index contributed by atoms with van der Waals surface area (Å²) in [7, 11) is 0. The fraction of sp³-hybridized carbons (Fsp3) is 0.300. The Bertz CT molecular complexity index is 313. The van der Waals surface area contributed by atoms with Crippen LogP contribution in [0.2, 0.25) is 5.02 Å². The maximum absolute atomic E-state index is 11.9. The lowest BCUT2D eigenvalue weighted by molar-refractivity contribution is -0.0498. The Balaban J connectivity index is 3.01. The predicted molar refractivity (Wildman–Crippen MR) is 51.9 cm³/mol. The van der Waals surface area contributed by atoms with Crippen molar-refractivity contribution in [1.82, 2.24) is 0 Å². The first-order valence-electron chi connectivity index (χ1n) is 4.08. The summed E-state index contributed by atoms with van der Waals surface area (Å²) < 4.78 is 28.1. The number of ether oxygens (including phenoxy) is 1. The van der Waals surface area contributed by atoms with Gasteiger partial charge in [0.25, 0.3) is 0 Å². The zero-order valence-corrected chi connectivity index (χ0v) is 8.39. The van der Waals surface area contributed by atoms with Crippen LogP contribution >= 0.6 is 11.6 Å². The van der Waals surface area contributed by atoms with Gasteiger partial charge in [0.15, 0.2) is 0 Å². The molecule has 14 heavy (non-hydrogen) atoms. The van der Waals surface area contributed by atoms with Gasteiger partial charge in [-0.2, -0.15) is 8.78 Å². The number of benzene rings is 1. The second kappa shape index (κ2) is 4.60. The minimum absolute atomic E-state index is 0.00494. The van der Waals surface area contributed by atoms with Crippen LogP contribution < -0.4 is 4.74 Å². The van der Waals surface area contributed by atoms with Gasteiger partial charge < -0.3 is 4.74 Å². The molecule has 0 aliphatic carbocycles. The third kappa shape index (κ3) is 2.58. The van der Waals surface area contributed by atoms with E-state index in [1.165, 1.54) is 6.07 Å². The molecule has 1 radical (unpaired) electrons. The van der Waals surface area contributed by atoms with Gasteiger partial charge in [-0.05, 0) is 24.5 Å². The SMILES string of the molecule is [CH2]C(C)c1cccc(OC(F)F)c1Cl. The summed E-state index contributed by atoms with van der Waals surface area (Å²) >= 11 is 5.85. The Labute approximate surface area is 86.6 Å². The Morgan fingerprint density at radius 3 is 2.57 bits per heavy atom. The number of halogens is 3. The molecule has 1 rings (SSSR count). The average Bonchev–Trinajstić information content (AvgIpc) is 2.07. The van der Waals surface area contributed by atoms with Crippen molar-refractivity contribution >= 4 is 11.6 Å². The first-order valence-corrected chi connectivity index (χ1v) is 4.46. The van der Waals surface area contributed by atoms with Gasteiger partial charge in [0.2, 0.25) is 0 Å². The summed E-state index contributed by atoms with van der Waals surface area (Å²) in [5, 5.41) is 0.204. The maximum atomic E-state index is 11.9. The summed E-state index contributed by atoms with van der Waals surface area (Å²) in [6, 6.07) is 4.75. The van der Waals surface area contributed by atoms with Gasteiger partial charge >= 0.3 is 6.61 Å². The molecule has 0 heterocycles. The highest BCUT2D eigenvalue weighted by atomic mass is 35.5. The third-order valence-corrected chi connectivity index (χ3v) is 2.14. The third-order valence-electron chi connectivity index (χ3n) is 1.74. The predicted octanol–water partition coefficient (Wildman–Crippen LogP) is 3.88. The molecule has 4 heteroatoms. The molecule has 0 spiro atoms. The van der Waals surface area contributed by atoms with E-state index in [1.807, 2.05) is 6.92 Å². The fourth-order valence-corrected chi connectivity index (χ4v) is 1.45. The summed E-state index contributed by atoms with van der Waals surface area (Å²) in [5.41, 5.74) is 0.699. The van der Waals surface area contributed by atoms with E-state index in [2.05, 4.69) is 11.7 Å². The van der Waals surface area contributed by atoms with Crippen molar-refractivity contribution in [1.29, 1.82) is 0 Å². The van der Waals surface area contributed by atoms with Crippen molar-refractivity contribution in [2.75, 3.05) is 0 Å². The Morgan fingerprint density at radius 1 is 1.43 bits per heavy atom. The molecule has 0 amide bonds. The van der Waals surface area contributed by atoms with Gasteiger partial charge in [-0.1, -0.05) is 30.7 Å². The molecule has 1 aromatic rings. The second-order valence-corrected chi connectivity index (χ2v) is 3.32. The monoisotopic (exact) mass is 219 g/mol. The lowest BCUT2D eigenvalue weighted by Gasteiger charge is -2.12. The Kier molecular flexibility index (Phi) is 3.69. The summed E-state index contributed by atoms with van der Waals surface area (Å²) in [4.78, 5) is 0. The van der Waals surface area contributed by atoms with Crippen LogP contribution in [0.25, 0.3) is 0 Å². The molecule has 0 aliphatic heterocycles. The standard InChI is InChI=1S/C10H10ClF2O/c1-6(2)7-4-3-5-8(9(7)11)14-10(12)13/h3-6,10H,1H2,2H3. The summed E-state index contributed by atoms with van der Waals surface area (Å²) in [6.07, 6.45) is 0. The van der Waals surface area contributed by atoms with Crippen LogP contribution in [0.3, 0.4) is 0 Å². The molecule has 1 atom stereocenters. The first kappa shape index (κ1) is 11.2. The van der Waals surface area contributed by atoms with E-state index >= 15 is 0 Å². The van der Waals surface area contributed by atoms with E-state index < -0.39 is 6.61 Å². The minimum Gasteiger partial charge on any atom is -0.433 e. The van der Waals surface area contributed by atoms with E-state index in [9.17, 15) is 8.78 Å². The van der Waals surface area contributed by atoms with Gasteiger partial charge in [0, 0.05) is 0 Å². The van der Waals surface area contributed by atoms with E-state index in [1.54, 1.807) is 12.1 Å². The van der Waals surface area contributed by atoms with Crippen molar-refractivity contribution in [3.63, 3.8) is 0 Å². The Morgan fingerprint density at radius 2 is 2.07 bits per heavy atom. The topological polar surface area (TPSA) is 9.23 Å². The highest BCUT2D eigenvalue weighted by Gasteiger charge is 2.13. The lowest BCUT2D eigenvalue weighted by Crippen LogP contribution is -2.03. The van der Waals surface area contributed by atoms with E-state index in [-0.39, 0.29) is 16.7 Å². The number of rotatable bonds is 3. The molecule has 77 valence electrons. The molecule has 0 saturated heterocycles. The van der Waals surface area contributed by atoms with Crippen LogP contribution in [-0.4, -0.2) is 6.61 Å². The Hall–Kier alpha value is -0.830. The van der Waals surface area contributed by atoms with Crippen molar-refractivity contribution in [2.24, 2.45) is 0 Å². The number of hydrogen-bond acceptors (Lipinski definition) is 1. The largest absolute Gasteiger partial charge is 0.433 e. The minimum atomic E-state index is -2.86. The van der Waals surface area contributed by atoms with Crippen LogP contribution in [0.5, 0.6) is 5.75 Å². The van der Waals surface area contributed by atoms with Crippen molar-refractivity contribution in [2.45, 2.75) is 19.5 Å². The fourth-order valence-electron chi connectivity index (χ4n) is 1.10. The van der Waals surface area contributed by atoms with Crippen LogP contribution in [0.1, 0.15) is 18.4 Å². The number of alkyl halides is 2. The quantitative estimate of drug-likeness (QED) is 0.750. The molecule has 0 aliphatic rings. The molecule has 0 saturated carbocycles. The number of hydrogen-bond donors (Lipinski definition) is 0. The first-order chi connectivity index (χ1) is 6.52. The second-order valence-electron chi connectivity index (χ2n) is 2.94. The van der Waals surface area contributed by atoms with Crippen LogP contribution in [-0.2, 0) is 0 Å². The molecule has 1 nitrogen and oxygen atoms in total. The molecule has 1 aromatic carbocycles. The van der Waals surface area contributed by atoms with E-state index in [0.717, 1.165) is 0 Å². The maximum Gasteiger partial charge on any atom is 0.387 e. The van der Waals surface area contributed by atoms with Gasteiger partial charge in [-0.15, -0.1) is 0 Å². The van der Waals surface area contributed by atoms with Crippen LogP contribution in [0.15, 0.2) is 18.2 Å². The van der Waals surface area contributed by atoms with Crippen molar-refractivity contribution in [3.05, 3.63) is 35.7 Å². The molecular formula is C10H10ClF2O. The normalized spacial score (nSPS) is 11.1. The van der Waals surface area contributed by atoms with Gasteiger partial charge in [0.05, 0.1) is 5.02 Å². The zero-order valence-electron chi connectivity index (χ0n) is 7.64. The smallest absolute Gasteiger partial charge is 0.387 e. The highest BCUT2D eigenvalue weighted by molar-refractivity contribution is 6.32. The lowest BCUT2D eigenvalue weighted by atomic mass is 10.0. The molecule has 1 unspecified atom stereocenters. The molecular weight excluding hydrogens is 210 g/mol. The highest BCUT2D eigenvalue weighted by Crippen LogP contribution is 2.33. The van der Waals surface area contributed by atoms with Gasteiger partial charge in [-0.3, -0.25) is 0 Å². The molecule has 0 bridgehead atoms. The van der Waals surface area contributed by atoms with Crippen LogP contribution in [0, 0.1) is 6.92 Å². The average molecular weight is 220 g/mol. The van der Waals surface area contributed by atoms with E-state index in [4.69, 9.17) is 11.6 Å². The summed E-state index contributed by atoms with van der Waals surface area (Å²) in [5.74, 6) is -0.0709. The molecule has 0 fully saturated rings. The zero-order chi connectivity index (χ0) is 10.7. The van der Waals surface area contributed by atoms with Gasteiger partial charge in [-0.25, -0.2) is 0 Å². The van der Waals surface area contributed by atoms with Gasteiger partial charge in [0.1, 0.15) is 5.75 Å². The summed E-state index contributed by atoms with van der Waals surface area (Å²) in [6.45, 7) is 2.73. The molecule has 0 aromatic heterocycles.